The molecule has 0 saturated heterocycles. The number of pyridine rings is 1. The Labute approximate surface area is 180 Å². The van der Waals surface area contributed by atoms with Gasteiger partial charge in [0.25, 0.3) is 5.91 Å². The number of rotatable bonds is 5. The number of nitrogens with zero attached hydrogens (tertiary/aromatic N) is 2. The second-order valence-corrected chi connectivity index (χ2v) is 7.84. The molecule has 0 radical (unpaired) electrons. The number of ether oxygens (including phenoxy) is 1. The Morgan fingerprint density at radius 1 is 1.00 bits per heavy atom. The fourth-order valence-electron chi connectivity index (χ4n) is 3.43. The average molecular weight is 420 g/mol. The highest BCUT2D eigenvalue weighted by Gasteiger charge is 2.17. The standard InChI is InChI=1S/C24H22ClN3O2/c1-15-8-9-28-21(13-15)26-23(18-11-16(2)10-17(3)12-18)24(28)27-22(29)14-30-20-6-4-19(25)5-7-20/h4-13H,14H2,1-3H3,(H,27,29). The molecule has 0 fully saturated rings. The summed E-state index contributed by atoms with van der Waals surface area (Å²) in [6.07, 6.45) is 1.92. The molecule has 0 bridgehead atoms. The third-order valence-electron chi connectivity index (χ3n) is 4.72. The Morgan fingerprint density at radius 2 is 1.70 bits per heavy atom. The van der Waals surface area contributed by atoms with Crippen molar-refractivity contribution in [1.29, 1.82) is 0 Å². The summed E-state index contributed by atoms with van der Waals surface area (Å²) in [5.74, 6) is 0.940. The number of halogens is 1. The van der Waals surface area contributed by atoms with Gasteiger partial charge in [-0.25, -0.2) is 4.98 Å². The lowest BCUT2D eigenvalue weighted by atomic mass is 10.1. The molecule has 0 aliphatic rings. The number of carbonyl (C=O) groups is 1. The van der Waals surface area contributed by atoms with Gasteiger partial charge in [0.15, 0.2) is 6.61 Å². The molecule has 0 aliphatic heterocycles. The van der Waals surface area contributed by atoms with E-state index in [1.807, 2.05) is 29.7 Å². The van der Waals surface area contributed by atoms with Crippen LogP contribution >= 0.6 is 11.6 Å². The van der Waals surface area contributed by atoms with Crippen molar-refractivity contribution >= 4 is 29.0 Å². The number of anilines is 1. The van der Waals surface area contributed by atoms with E-state index in [0.29, 0.717) is 16.6 Å². The highest BCUT2D eigenvalue weighted by atomic mass is 35.5. The largest absolute Gasteiger partial charge is 0.484 e. The Hall–Kier alpha value is -3.31. The Bertz CT molecular complexity index is 1210. The van der Waals surface area contributed by atoms with E-state index in [-0.39, 0.29) is 12.5 Å². The molecule has 5 nitrogen and oxygen atoms in total. The van der Waals surface area contributed by atoms with Gasteiger partial charge >= 0.3 is 0 Å². The van der Waals surface area contributed by atoms with Crippen molar-refractivity contribution in [1.82, 2.24) is 9.38 Å². The van der Waals surface area contributed by atoms with Gasteiger partial charge in [0, 0.05) is 16.8 Å². The molecule has 0 atom stereocenters. The topological polar surface area (TPSA) is 55.6 Å². The number of hydrogen-bond donors (Lipinski definition) is 1. The molecular formula is C24H22ClN3O2. The number of aryl methyl sites for hydroxylation is 3. The second kappa shape index (κ2) is 8.20. The van der Waals surface area contributed by atoms with Crippen LogP contribution in [0, 0.1) is 20.8 Å². The SMILES string of the molecule is Cc1cc(C)cc(-c2nc3cc(C)ccn3c2NC(=O)COc2ccc(Cl)cc2)c1. The Kier molecular flexibility index (Phi) is 5.46. The molecule has 4 aromatic rings. The monoisotopic (exact) mass is 419 g/mol. The van der Waals surface area contributed by atoms with Crippen LogP contribution in [-0.2, 0) is 4.79 Å². The molecule has 4 rings (SSSR count). The maximum Gasteiger partial charge on any atom is 0.263 e. The zero-order valence-corrected chi connectivity index (χ0v) is 17.8. The van der Waals surface area contributed by atoms with E-state index >= 15 is 0 Å². The van der Waals surface area contributed by atoms with Gasteiger partial charge in [0.1, 0.15) is 22.9 Å². The molecule has 152 valence electrons. The third-order valence-corrected chi connectivity index (χ3v) is 4.97. The van der Waals surface area contributed by atoms with Crippen LogP contribution in [0.2, 0.25) is 5.02 Å². The highest BCUT2D eigenvalue weighted by molar-refractivity contribution is 6.30. The quantitative estimate of drug-likeness (QED) is 0.458. The number of imidazole rings is 1. The minimum Gasteiger partial charge on any atom is -0.484 e. The lowest BCUT2D eigenvalue weighted by molar-refractivity contribution is -0.118. The van der Waals surface area contributed by atoms with Gasteiger partial charge in [-0.05, 0) is 74.9 Å². The lowest BCUT2D eigenvalue weighted by Crippen LogP contribution is -2.21. The summed E-state index contributed by atoms with van der Waals surface area (Å²) in [7, 11) is 0. The number of aromatic nitrogens is 2. The number of amides is 1. The summed E-state index contributed by atoms with van der Waals surface area (Å²) in [5, 5.41) is 3.60. The van der Waals surface area contributed by atoms with Gasteiger partial charge in [-0.15, -0.1) is 0 Å². The van der Waals surface area contributed by atoms with Crippen LogP contribution < -0.4 is 10.1 Å². The van der Waals surface area contributed by atoms with Crippen LogP contribution in [0.1, 0.15) is 16.7 Å². The summed E-state index contributed by atoms with van der Waals surface area (Å²) >= 11 is 5.89. The molecule has 1 N–H and O–H groups in total. The van der Waals surface area contributed by atoms with Crippen LogP contribution in [0.15, 0.2) is 60.8 Å². The van der Waals surface area contributed by atoms with Crippen LogP contribution in [-0.4, -0.2) is 21.9 Å². The molecule has 1 amide bonds. The lowest BCUT2D eigenvalue weighted by Gasteiger charge is -2.10. The molecule has 0 spiro atoms. The molecule has 2 aromatic heterocycles. The maximum atomic E-state index is 12.7. The molecule has 6 heteroatoms. The normalized spacial score (nSPS) is 10.9. The number of carbonyl (C=O) groups excluding carboxylic acids is 1. The minimum atomic E-state index is -0.266. The summed E-state index contributed by atoms with van der Waals surface area (Å²) < 4.78 is 7.48. The third kappa shape index (κ3) is 4.31. The molecule has 2 heterocycles. The predicted molar refractivity (Wildman–Crippen MR) is 120 cm³/mol. The summed E-state index contributed by atoms with van der Waals surface area (Å²) in [4.78, 5) is 17.5. The van der Waals surface area contributed by atoms with Gasteiger partial charge < -0.3 is 10.1 Å². The first-order valence-corrected chi connectivity index (χ1v) is 10.0. The highest BCUT2D eigenvalue weighted by Crippen LogP contribution is 2.30. The van der Waals surface area contributed by atoms with Gasteiger partial charge in [0.05, 0.1) is 0 Å². The van der Waals surface area contributed by atoms with E-state index in [9.17, 15) is 4.79 Å². The first kappa shape index (κ1) is 20.0. The smallest absolute Gasteiger partial charge is 0.263 e. The van der Waals surface area contributed by atoms with Crippen molar-refractivity contribution in [2.45, 2.75) is 20.8 Å². The van der Waals surface area contributed by atoms with Crippen LogP contribution in [0.25, 0.3) is 16.9 Å². The van der Waals surface area contributed by atoms with Gasteiger partial charge in [-0.2, -0.15) is 0 Å². The summed E-state index contributed by atoms with van der Waals surface area (Å²) in [6, 6.07) is 17.1. The zero-order chi connectivity index (χ0) is 21.3. The molecule has 2 aromatic carbocycles. The minimum absolute atomic E-state index is 0.118. The van der Waals surface area contributed by atoms with Crippen molar-refractivity contribution in [2.75, 3.05) is 11.9 Å². The van der Waals surface area contributed by atoms with Crippen LogP contribution in [0.3, 0.4) is 0 Å². The van der Waals surface area contributed by atoms with E-state index in [0.717, 1.165) is 33.6 Å². The fourth-order valence-corrected chi connectivity index (χ4v) is 3.55. The van der Waals surface area contributed by atoms with Crippen molar-refractivity contribution in [3.8, 4) is 17.0 Å². The zero-order valence-electron chi connectivity index (χ0n) is 17.1. The van der Waals surface area contributed by atoms with Crippen molar-refractivity contribution in [3.63, 3.8) is 0 Å². The van der Waals surface area contributed by atoms with Crippen LogP contribution in [0.4, 0.5) is 5.82 Å². The fraction of sp³-hybridized carbons (Fsp3) is 0.167. The van der Waals surface area contributed by atoms with E-state index in [2.05, 4.69) is 37.4 Å². The van der Waals surface area contributed by atoms with E-state index < -0.39 is 0 Å². The van der Waals surface area contributed by atoms with Crippen molar-refractivity contribution < 1.29 is 9.53 Å². The van der Waals surface area contributed by atoms with Gasteiger partial charge in [-0.1, -0.05) is 28.8 Å². The first-order valence-electron chi connectivity index (χ1n) is 9.64. The summed E-state index contributed by atoms with van der Waals surface area (Å²) in [5.41, 5.74) is 5.85. The van der Waals surface area contributed by atoms with Crippen molar-refractivity contribution in [2.24, 2.45) is 0 Å². The van der Waals surface area contributed by atoms with Crippen molar-refractivity contribution in [3.05, 3.63) is 82.5 Å². The number of nitrogens with one attached hydrogen (secondary N) is 1. The summed E-state index contributed by atoms with van der Waals surface area (Å²) in [6.45, 7) is 6.00. The van der Waals surface area contributed by atoms with E-state index in [4.69, 9.17) is 21.3 Å². The molecule has 0 saturated carbocycles. The predicted octanol–water partition coefficient (Wildman–Crippen LogP) is 5.60. The Balaban J connectivity index is 1.66. The van der Waals surface area contributed by atoms with Gasteiger partial charge in [-0.3, -0.25) is 9.20 Å². The molecule has 30 heavy (non-hydrogen) atoms. The average Bonchev–Trinajstić information content (AvgIpc) is 3.04. The molecule has 0 aliphatic carbocycles. The number of hydrogen-bond acceptors (Lipinski definition) is 3. The Morgan fingerprint density at radius 3 is 2.40 bits per heavy atom. The van der Waals surface area contributed by atoms with Crippen LogP contribution in [0.5, 0.6) is 5.75 Å². The van der Waals surface area contributed by atoms with E-state index in [1.54, 1.807) is 24.3 Å². The maximum absolute atomic E-state index is 12.7. The van der Waals surface area contributed by atoms with Gasteiger partial charge in [0.2, 0.25) is 0 Å². The molecular weight excluding hydrogens is 398 g/mol. The number of benzene rings is 2. The molecule has 0 unspecified atom stereocenters. The number of fused-ring (bicyclic) bond motifs is 1. The van der Waals surface area contributed by atoms with E-state index in [1.165, 1.54) is 0 Å². The second-order valence-electron chi connectivity index (χ2n) is 7.41. The first-order chi connectivity index (χ1) is 14.4.